The number of hydrogen-bond acceptors (Lipinski definition) is 3. The van der Waals surface area contributed by atoms with Crippen molar-refractivity contribution in [1.82, 2.24) is 5.32 Å². The van der Waals surface area contributed by atoms with E-state index in [9.17, 15) is 9.59 Å². The molecule has 0 spiro atoms. The van der Waals surface area contributed by atoms with Gasteiger partial charge in [0.2, 0.25) is 5.91 Å². The van der Waals surface area contributed by atoms with Crippen molar-refractivity contribution in [3.8, 4) is 0 Å². The topological polar surface area (TPSA) is 55.4 Å². The number of amides is 1. The van der Waals surface area contributed by atoms with Gasteiger partial charge in [-0.05, 0) is 24.7 Å². The fraction of sp³-hybridized carbons (Fsp3) is 0.857. The summed E-state index contributed by atoms with van der Waals surface area (Å²) >= 11 is 0. The molecule has 0 aromatic rings. The zero-order valence-corrected chi connectivity index (χ0v) is 12.4. The monoisotopic (exact) mass is 257 g/mol. The van der Waals surface area contributed by atoms with Crippen LogP contribution < -0.4 is 5.32 Å². The Morgan fingerprint density at radius 3 is 1.89 bits per heavy atom. The van der Waals surface area contributed by atoms with Gasteiger partial charge in [0.05, 0.1) is 7.11 Å². The summed E-state index contributed by atoms with van der Waals surface area (Å²) < 4.78 is 4.72. The summed E-state index contributed by atoms with van der Waals surface area (Å²) in [5, 5.41) is 2.79. The summed E-state index contributed by atoms with van der Waals surface area (Å²) in [5.41, 5.74) is 0. The van der Waals surface area contributed by atoms with Gasteiger partial charge >= 0.3 is 5.97 Å². The fourth-order valence-corrected chi connectivity index (χ4v) is 1.96. The predicted octanol–water partition coefficient (Wildman–Crippen LogP) is 2.37. The van der Waals surface area contributed by atoms with E-state index in [1.54, 1.807) is 0 Å². The molecule has 0 aliphatic heterocycles. The van der Waals surface area contributed by atoms with E-state index < -0.39 is 6.04 Å². The number of hydrogen-bond donors (Lipinski definition) is 1. The number of methoxy groups -OCH3 is 1. The van der Waals surface area contributed by atoms with Crippen molar-refractivity contribution in [3.63, 3.8) is 0 Å². The molecule has 0 rings (SSSR count). The average Bonchev–Trinajstić information content (AvgIpc) is 2.25. The maximum atomic E-state index is 12.0. The lowest BCUT2D eigenvalue weighted by molar-refractivity contribution is -0.146. The standard InChI is InChI=1S/C14H27NO3/c1-9(2)7-11(5)13(16)15-12(8-10(3)4)14(17)18-6/h9-12H,7-8H2,1-6H3,(H,15,16)/t11-,12-/m0/s1. The second kappa shape index (κ2) is 8.11. The molecule has 0 aliphatic carbocycles. The number of rotatable bonds is 7. The maximum absolute atomic E-state index is 12.0. The Morgan fingerprint density at radius 2 is 1.50 bits per heavy atom. The van der Waals surface area contributed by atoms with Crippen LogP contribution in [0.5, 0.6) is 0 Å². The Balaban J connectivity index is 4.47. The molecule has 0 unspecified atom stereocenters. The van der Waals surface area contributed by atoms with Gasteiger partial charge in [0.25, 0.3) is 0 Å². The van der Waals surface area contributed by atoms with Crippen molar-refractivity contribution in [2.45, 2.75) is 53.5 Å². The van der Waals surface area contributed by atoms with Crippen LogP contribution in [0.1, 0.15) is 47.5 Å². The van der Waals surface area contributed by atoms with E-state index in [1.807, 2.05) is 20.8 Å². The van der Waals surface area contributed by atoms with Gasteiger partial charge in [0, 0.05) is 5.92 Å². The molecule has 0 saturated carbocycles. The van der Waals surface area contributed by atoms with E-state index in [0.29, 0.717) is 18.3 Å². The minimum atomic E-state index is -0.530. The highest BCUT2D eigenvalue weighted by Gasteiger charge is 2.25. The summed E-state index contributed by atoms with van der Waals surface area (Å²) in [6, 6.07) is -0.530. The first kappa shape index (κ1) is 16.9. The third-order valence-electron chi connectivity index (χ3n) is 2.78. The van der Waals surface area contributed by atoms with E-state index in [1.165, 1.54) is 7.11 Å². The van der Waals surface area contributed by atoms with E-state index in [-0.39, 0.29) is 17.8 Å². The number of carbonyl (C=O) groups excluding carboxylic acids is 2. The molecule has 0 aliphatic rings. The second-order valence-electron chi connectivity index (χ2n) is 5.74. The third kappa shape index (κ3) is 6.62. The van der Waals surface area contributed by atoms with E-state index in [0.717, 1.165) is 6.42 Å². The van der Waals surface area contributed by atoms with Crippen LogP contribution in [0.15, 0.2) is 0 Å². The minimum Gasteiger partial charge on any atom is -0.467 e. The minimum absolute atomic E-state index is 0.0697. The normalized spacial score (nSPS) is 14.4. The lowest BCUT2D eigenvalue weighted by atomic mass is 9.97. The van der Waals surface area contributed by atoms with Gasteiger partial charge in [0.15, 0.2) is 0 Å². The van der Waals surface area contributed by atoms with Gasteiger partial charge in [-0.2, -0.15) is 0 Å². The summed E-state index contributed by atoms with van der Waals surface area (Å²) in [6.45, 7) is 10.1. The van der Waals surface area contributed by atoms with Crippen LogP contribution in [0, 0.1) is 17.8 Å². The van der Waals surface area contributed by atoms with E-state index in [2.05, 4.69) is 19.2 Å². The van der Waals surface area contributed by atoms with Crippen molar-refractivity contribution >= 4 is 11.9 Å². The lowest BCUT2D eigenvalue weighted by Crippen LogP contribution is -2.44. The van der Waals surface area contributed by atoms with Crippen LogP contribution in [0.3, 0.4) is 0 Å². The van der Waals surface area contributed by atoms with Crippen LogP contribution in [-0.2, 0) is 14.3 Å². The molecule has 1 N–H and O–H groups in total. The Hall–Kier alpha value is -1.06. The van der Waals surface area contributed by atoms with Gasteiger partial charge in [-0.25, -0.2) is 4.79 Å². The SMILES string of the molecule is COC(=O)[C@H](CC(C)C)NC(=O)[C@@H](C)CC(C)C. The van der Waals surface area contributed by atoms with Crippen molar-refractivity contribution in [3.05, 3.63) is 0 Å². The quantitative estimate of drug-likeness (QED) is 0.712. The molecule has 0 heterocycles. The molecule has 0 aromatic heterocycles. The van der Waals surface area contributed by atoms with Crippen molar-refractivity contribution in [2.75, 3.05) is 7.11 Å². The molecule has 0 aromatic carbocycles. The summed E-state index contributed by atoms with van der Waals surface area (Å²) in [7, 11) is 1.35. The van der Waals surface area contributed by atoms with Crippen molar-refractivity contribution in [1.29, 1.82) is 0 Å². The molecule has 18 heavy (non-hydrogen) atoms. The molecule has 0 bridgehead atoms. The van der Waals surface area contributed by atoms with Gasteiger partial charge in [0.1, 0.15) is 6.04 Å². The fourth-order valence-electron chi connectivity index (χ4n) is 1.96. The van der Waals surface area contributed by atoms with Gasteiger partial charge in [-0.15, -0.1) is 0 Å². The van der Waals surface area contributed by atoms with Gasteiger partial charge in [-0.1, -0.05) is 34.6 Å². The van der Waals surface area contributed by atoms with E-state index in [4.69, 9.17) is 4.74 Å². The Morgan fingerprint density at radius 1 is 1.00 bits per heavy atom. The molecular formula is C14H27NO3. The average molecular weight is 257 g/mol. The first-order valence-electron chi connectivity index (χ1n) is 6.66. The Bertz CT molecular complexity index is 274. The zero-order chi connectivity index (χ0) is 14.3. The van der Waals surface area contributed by atoms with Crippen LogP contribution in [0.2, 0.25) is 0 Å². The first-order valence-corrected chi connectivity index (χ1v) is 6.66. The van der Waals surface area contributed by atoms with Crippen LogP contribution >= 0.6 is 0 Å². The smallest absolute Gasteiger partial charge is 0.328 e. The molecule has 0 saturated heterocycles. The van der Waals surface area contributed by atoms with Crippen LogP contribution in [-0.4, -0.2) is 25.0 Å². The van der Waals surface area contributed by atoms with Gasteiger partial charge < -0.3 is 10.1 Å². The predicted molar refractivity (Wildman–Crippen MR) is 72.0 cm³/mol. The molecule has 0 radical (unpaired) electrons. The summed E-state index contributed by atoms with van der Waals surface area (Å²) in [4.78, 5) is 23.6. The lowest BCUT2D eigenvalue weighted by Gasteiger charge is -2.21. The van der Waals surface area contributed by atoms with E-state index >= 15 is 0 Å². The largest absolute Gasteiger partial charge is 0.467 e. The highest BCUT2D eigenvalue weighted by atomic mass is 16.5. The molecule has 0 fully saturated rings. The summed E-state index contributed by atoms with van der Waals surface area (Å²) in [6.07, 6.45) is 1.42. The summed E-state index contributed by atoms with van der Waals surface area (Å²) in [5.74, 6) is 0.278. The number of carbonyl (C=O) groups is 2. The maximum Gasteiger partial charge on any atom is 0.328 e. The highest BCUT2D eigenvalue weighted by Crippen LogP contribution is 2.13. The first-order chi connectivity index (χ1) is 8.27. The molecular weight excluding hydrogens is 230 g/mol. The van der Waals surface area contributed by atoms with Gasteiger partial charge in [-0.3, -0.25) is 4.79 Å². The molecule has 4 nitrogen and oxygen atoms in total. The molecule has 2 atom stereocenters. The molecule has 106 valence electrons. The number of ether oxygens (including phenoxy) is 1. The second-order valence-corrected chi connectivity index (χ2v) is 5.74. The zero-order valence-electron chi connectivity index (χ0n) is 12.4. The third-order valence-corrected chi connectivity index (χ3v) is 2.78. The molecule has 4 heteroatoms. The van der Waals surface area contributed by atoms with Crippen molar-refractivity contribution < 1.29 is 14.3 Å². The Labute approximate surface area is 110 Å². The molecule has 1 amide bonds. The van der Waals surface area contributed by atoms with Crippen LogP contribution in [0.25, 0.3) is 0 Å². The Kier molecular flexibility index (Phi) is 7.64. The van der Waals surface area contributed by atoms with Crippen LogP contribution in [0.4, 0.5) is 0 Å². The van der Waals surface area contributed by atoms with Crippen molar-refractivity contribution in [2.24, 2.45) is 17.8 Å². The highest BCUT2D eigenvalue weighted by molar-refractivity contribution is 5.85. The number of nitrogens with one attached hydrogen (secondary N) is 1. The number of esters is 1.